The highest BCUT2D eigenvalue weighted by atomic mass is 32.1. The second kappa shape index (κ2) is 5.29. The molecular formula is C12H9FN4S. The van der Waals surface area contributed by atoms with E-state index in [9.17, 15) is 4.39 Å². The molecule has 0 spiro atoms. The Hall–Kier alpha value is -2.39. The molecule has 0 atom stereocenters. The van der Waals surface area contributed by atoms with Crippen LogP contribution in [-0.4, -0.2) is 11.2 Å². The molecule has 2 aromatic rings. The van der Waals surface area contributed by atoms with E-state index in [1.165, 1.54) is 29.7 Å². The summed E-state index contributed by atoms with van der Waals surface area (Å²) in [7, 11) is 0. The monoisotopic (exact) mass is 260 g/mol. The van der Waals surface area contributed by atoms with E-state index in [1.807, 2.05) is 0 Å². The van der Waals surface area contributed by atoms with Crippen molar-refractivity contribution in [2.75, 3.05) is 11.2 Å². The number of thiazole rings is 1. The van der Waals surface area contributed by atoms with Crippen LogP contribution in [0, 0.1) is 18.2 Å². The number of hydrogen-bond donors (Lipinski definition) is 2. The molecule has 0 aliphatic heterocycles. The fourth-order valence-electron chi connectivity index (χ4n) is 1.27. The number of nitrogens with one attached hydrogen (secondary N) is 1. The maximum atomic E-state index is 13.2. The lowest BCUT2D eigenvalue weighted by Gasteiger charge is -1.97. The molecule has 0 aliphatic rings. The molecule has 0 unspecified atom stereocenters. The fraction of sp³-hybridized carbons (Fsp3) is 0. The molecule has 2 rings (SSSR count). The van der Waals surface area contributed by atoms with Crippen LogP contribution in [0.4, 0.5) is 15.3 Å². The highest BCUT2D eigenvalue weighted by Gasteiger charge is 1.98. The van der Waals surface area contributed by atoms with Gasteiger partial charge in [-0.3, -0.25) is 5.43 Å². The number of anilines is 2. The lowest BCUT2D eigenvalue weighted by molar-refractivity contribution is 0.627. The Morgan fingerprint density at radius 3 is 3.00 bits per heavy atom. The molecule has 18 heavy (non-hydrogen) atoms. The van der Waals surface area contributed by atoms with Gasteiger partial charge in [0.25, 0.3) is 0 Å². The van der Waals surface area contributed by atoms with E-state index in [0.29, 0.717) is 22.1 Å². The molecule has 0 aliphatic carbocycles. The number of nitrogen functional groups attached to an aromatic ring is 1. The Labute approximate surface area is 107 Å². The van der Waals surface area contributed by atoms with Crippen LogP contribution in [0.2, 0.25) is 0 Å². The van der Waals surface area contributed by atoms with Gasteiger partial charge in [0.2, 0.25) is 5.13 Å². The zero-order valence-electron chi connectivity index (χ0n) is 9.22. The Morgan fingerprint density at radius 1 is 1.50 bits per heavy atom. The number of nitrogens with zero attached hydrogens (tertiary/aromatic N) is 2. The second-order valence-corrected chi connectivity index (χ2v) is 4.22. The average molecular weight is 260 g/mol. The van der Waals surface area contributed by atoms with Gasteiger partial charge in [0.1, 0.15) is 11.6 Å². The van der Waals surface area contributed by atoms with Gasteiger partial charge in [0, 0.05) is 10.9 Å². The van der Waals surface area contributed by atoms with Crippen molar-refractivity contribution in [2.24, 2.45) is 5.10 Å². The number of rotatable bonds is 3. The molecule has 3 N–H and O–H groups in total. The number of hydrazone groups is 1. The lowest BCUT2D eigenvalue weighted by Crippen LogP contribution is -1.92. The normalized spacial score (nSPS) is 10.4. The minimum absolute atomic E-state index is 0.398. The first kappa shape index (κ1) is 12.1. The molecular weight excluding hydrogens is 251 g/mol. The van der Waals surface area contributed by atoms with Crippen LogP contribution in [0.1, 0.15) is 11.1 Å². The van der Waals surface area contributed by atoms with Crippen molar-refractivity contribution in [3.05, 3.63) is 40.5 Å². The van der Waals surface area contributed by atoms with Crippen LogP contribution in [-0.2, 0) is 0 Å². The summed E-state index contributed by atoms with van der Waals surface area (Å²) in [5.74, 6) is 2.40. The van der Waals surface area contributed by atoms with Gasteiger partial charge in [0.15, 0.2) is 0 Å². The van der Waals surface area contributed by atoms with Crippen LogP contribution >= 0.6 is 11.3 Å². The van der Waals surface area contributed by atoms with Crippen molar-refractivity contribution >= 4 is 28.5 Å². The molecule has 0 radical (unpaired) electrons. The van der Waals surface area contributed by atoms with E-state index in [4.69, 9.17) is 12.2 Å². The van der Waals surface area contributed by atoms with Crippen molar-refractivity contribution in [1.82, 2.24) is 4.98 Å². The maximum absolute atomic E-state index is 13.2. The van der Waals surface area contributed by atoms with E-state index in [-0.39, 0.29) is 0 Å². The zero-order chi connectivity index (χ0) is 13.0. The van der Waals surface area contributed by atoms with Gasteiger partial charge in [-0.1, -0.05) is 5.92 Å². The quantitative estimate of drug-likeness (QED) is 0.505. The lowest BCUT2D eigenvalue weighted by atomic mass is 10.1. The smallest absolute Gasteiger partial charge is 0.205 e. The number of halogens is 1. The Bertz CT molecular complexity index is 627. The molecule has 0 amide bonds. The summed E-state index contributed by atoms with van der Waals surface area (Å²) < 4.78 is 13.2. The summed E-state index contributed by atoms with van der Waals surface area (Å²) in [6.07, 6.45) is 6.67. The molecule has 0 fully saturated rings. The Balaban J connectivity index is 2.09. The summed E-state index contributed by atoms with van der Waals surface area (Å²) in [5.41, 5.74) is 9.19. The molecule has 0 saturated heterocycles. The van der Waals surface area contributed by atoms with Crippen LogP contribution < -0.4 is 11.2 Å². The first-order chi connectivity index (χ1) is 8.67. The van der Waals surface area contributed by atoms with E-state index in [0.717, 1.165) is 0 Å². The van der Waals surface area contributed by atoms with Gasteiger partial charge in [0.05, 0.1) is 6.21 Å². The fourth-order valence-corrected chi connectivity index (χ4v) is 1.82. The van der Waals surface area contributed by atoms with Crippen LogP contribution in [0.25, 0.3) is 0 Å². The van der Waals surface area contributed by atoms with Crippen LogP contribution in [0.3, 0.4) is 0 Å². The number of hydrogen-bond acceptors (Lipinski definition) is 5. The van der Waals surface area contributed by atoms with Crippen molar-refractivity contribution in [1.29, 1.82) is 0 Å². The third-order valence-corrected chi connectivity index (χ3v) is 2.75. The minimum Gasteiger partial charge on any atom is -0.383 e. The number of aromatic nitrogens is 1. The highest BCUT2D eigenvalue weighted by molar-refractivity contribution is 7.14. The first-order valence-electron chi connectivity index (χ1n) is 4.94. The third kappa shape index (κ3) is 3.06. The number of benzene rings is 1. The third-order valence-electron chi connectivity index (χ3n) is 1.98. The summed E-state index contributed by atoms with van der Waals surface area (Å²) in [6, 6.07) is 4.28. The largest absolute Gasteiger partial charge is 0.383 e. The number of nitrogens with two attached hydrogens (primary N) is 1. The topological polar surface area (TPSA) is 63.3 Å². The molecule has 1 heterocycles. The average Bonchev–Trinajstić information content (AvgIpc) is 2.74. The van der Waals surface area contributed by atoms with Crippen LogP contribution in [0.5, 0.6) is 0 Å². The molecule has 90 valence electrons. The molecule has 0 bridgehead atoms. The van der Waals surface area contributed by atoms with E-state index >= 15 is 0 Å². The predicted molar refractivity (Wildman–Crippen MR) is 72.1 cm³/mol. The van der Waals surface area contributed by atoms with Gasteiger partial charge in [-0.15, -0.1) is 17.8 Å². The van der Waals surface area contributed by atoms with E-state index in [2.05, 4.69) is 21.4 Å². The van der Waals surface area contributed by atoms with Crippen LogP contribution in [0.15, 0.2) is 28.7 Å². The molecule has 6 heteroatoms. The van der Waals surface area contributed by atoms with Crippen molar-refractivity contribution in [3.63, 3.8) is 0 Å². The molecule has 4 nitrogen and oxygen atoms in total. The SMILES string of the molecule is C#Cc1cc(F)cc(C=NNc2nc(N)cs2)c1. The van der Waals surface area contributed by atoms with Gasteiger partial charge in [-0.05, 0) is 23.8 Å². The summed E-state index contributed by atoms with van der Waals surface area (Å²) in [5, 5.41) is 6.18. The van der Waals surface area contributed by atoms with Gasteiger partial charge >= 0.3 is 0 Å². The van der Waals surface area contributed by atoms with E-state index in [1.54, 1.807) is 11.4 Å². The van der Waals surface area contributed by atoms with E-state index < -0.39 is 5.82 Å². The molecule has 0 saturated carbocycles. The standard InChI is InChI=1S/C12H9FN4S/c1-2-8-3-9(5-10(13)4-8)6-15-17-12-16-11(14)7-18-12/h1,3-7H,14H2,(H,16,17). The minimum atomic E-state index is -0.398. The Morgan fingerprint density at radius 2 is 2.33 bits per heavy atom. The predicted octanol–water partition coefficient (Wildman–Crippen LogP) is 2.29. The molecule has 1 aromatic heterocycles. The highest BCUT2D eigenvalue weighted by Crippen LogP contribution is 2.16. The Kier molecular flexibility index (Phi) is 3.55. The second-order valence-electron chi connectivity index (χ2n) is 3.37. The summed E-state index contributed by atoms with van der Waals surface area (Å²) >= 11 is 1.33. The summed E-state index contributed by atoms with van der Waals surface area (Å²) in [6.45, 7) is 0. The maximum Gasteiger partial charge on any atom is 0.205 e. The first-order valence-corrected chi connectivity index (χ1v) is 5.82. The van der Waals surface area contributed by atoms with Gasteiger partial charge < -0.3 is 5.73 Å². The van der Waals surface area contributed by atoms with Crippen molar-refractivity contribution < 1.29 is 4.39 Å². The van der Waals surface area contributed by atoms with Gasteiger partial charge in [-0.25, -0.2) is 9.37 Å². The van der Waals surface area contributed by atoms with Gasteiger partial charge in [-0.2, -0.15) is 5.10 Å². The van der Waals surface area contributed by atoms with Crippen molar-refractivity contribution in [3.8, 4) is 12.3 Å². The summed E-state index contributed by atoms with van der Waals surface area (Å²) in [4.78, 5) is 3.96. The number of terminal acetylenes is 1. The molecule has 1 aromatic carbocycles. The van der Waals surface area contributed by atoms with Crippen molar-refractivity contribution in [2.45, 2.75) is 0 Å². The zero-order valence-corrected chi connectivity index (χ0v) is 10.0.